The molecule has 1 aromatic carbocycles. The summed E-state index contributed by atoms with van der Waals surface area (Å²) < 4.78 is 1.05. The van der Waals surface area contributed by atoms with Gasteiger partial charge in [0.25, 0.3) is 0 Å². The lowest BCUT2D eigenvalue weighted by atomic mass is 10.1. The molecule has 0 radical (unpaired) electrons. The number of hydrogen-bond acceptors (Lipinski definition) is 3. The molecule has 2 N–H and O–H groups in total. The first-order valence-corrected chi connectivity index (χ1v) is 5.85. The number of anilines is 1. The van der Waals surface area contributed by atoms with Gasteiger partial charge in [0.1, 0.15) is 0 Å². The highest BCUT2D eigenvalue weighted by Crippen LogP contribution is 2.20. The maximum atomic E-state index is 5.71. The molecule has 5 heteroatoms. The van der Waals surface area contributed by atoms with Crippen LogP contribution in [0.3, 0.4) is 0 Å². The van der Waals surface area contributed by atoms with Gasteiger partial charge in [-0.05, 0) is 17.7 Å². The van der Waals surface area contributed by atoms with Crippen LogP contribution in [-0.4, -0.2) is 10.2 Å². The normalized spacial score (nSPS) is 10.4. The Bertz CT molecular complexity index is 516. The van der Waals surface area contributed by atoms with Crippen LogP contribution in [-0.2, 0) is 6.42 Å². The zero-order valence-corrected chi connectivity index (χ0v) is 10.7. The number of halogens is 2. The molecule has 1 heterocycles. The van der Waals surface area contributed by atoms with E-state index in [9.17, 15) is 0 Å². The van der Waals surface area contributed by atoms with Gasteiger partial charge < -0.3 is 5.73 Å². The molecule has 2 aromatic rings. The molecule has 16 heavy (non-hydrogen) atoms. The minimum absolute atomic E-state index is 0.246. The maximum absolute atomic E-state index is 5.71. The van der Waals surface area contributed by atoms with E-state index in [4.69, 9.17) is 17.3 Å². The topological polar surface area (TPSA) is 51.8 Å². The van der Waals surface area contributed by atoms with E-state index in [0.717, 1.165) is 15.7 Å². The van der Waals surface area contributed by atoms with Crippen molar-refractivity contribution in [1.82, 2.24) is 10.2 Å². The van der Waals surface area contributed by atoms with Crippen molar-refractivity contribution in [2.75, 3.05) is 5.73 Å². The van der Waals surface area contributed by atoms with Gasteiger partial charge in [-0.25, -0.2) is 0 Å². The van der Waals surface area contributed by atoms with Gasteiger partial charge >= 0.3 is 0 Å². The molecular formula is C11H9BrClN3. The number of hydrogen-bond donors (Lipinski definition) is 1. The Labute approximate surface area is 107 Å². The van der Waals surface area contributed by atoms with Gasteiger partial charge in [0.15, 0.2) is 5.15 Å². The monoisotopic (exact) mass is 297 g/mol. The van der Waals surface area contributed by atoms with Crippen LogP contribution < -0.4 is 5.73 Å². The maximum Gasteiger partial charge on any atom is 0.174 e. The van der Waals surface area contributed by atoms with Crippen LogP contribution in [0, 0.1) is 0 Å². The zero-order chi connectivity index (χ0) is 11.5. The summed E-state index contributed by atoms with van der Waals surface area (Å²) in [5, 5.41) is 8.02. The predicted octanol–water partition coefficient (Wildman–Crippen LogP) is 3.07. The van der Waals surface area contributed by atoms with Gasteiger partial charge in [0.05, 0.1) is 11.4 Å². The van der Waals surface area contributed by atoms with E-state index in [2.05, 4.69) is 26.1 Å². The van der Waals surface area contributed by atoms with Crippen LogP contribution in [0.5, 0.6) is 0 Å². The van der Waals surface area contributed by atoms with Gasteiger partial charge in [-0.15, -0.1) is 5.10 Å². The largest absolute Gasteiger partial charge is 0.396 e. The molecule has 0 amide bonds. The number of nitrogens with two attached hydrogens (primary N) is 1. The highest BCUT2D eigenvalue weighted by Gasteiger charge is 2.05. The number of nitrogens with zero attached hydrogens (tertiary/aromatic N) is 2. The lowest BCUT2D eigenvalue weighted by Crippen LogP contribution is -1.99. The van der Waals surface area contributed by atoms with Gasteiger partial charge in [0, 0.05) is 10.9 Å². The highest BCUT2D eigenvalue weighted by atomic mass is 79.9. The Morgan fingerprint density at radius 2 is 2.00 bits per heavy atom. The molecule has 0 spiro atoms. The van der Waals surface area contributed by atoms with E-state index in [0.29, 0.717) is 12.1 Å². The van der Waals surface area contributed by atoms with Crippen LogP contribution >= 0.6 is 27.5 Å². The van der Waals surface area contributed by atoms with Crippen LogP contribution in [0.1, 0.15) is 11.3 Å². The molecule has 0 saturated heterocycles. The summed E-state index contributed by atoms with van der Waals surface area (Å²) in [4.78, 5) is 0. The van der Waals surface area contributed by atoms with E-state index in [1.165, 1.54) is 0 Å². The summed E-state index contributed by atoms with van der Waals surface area (Å²) in [6.45, 7) is 0. The molecule has 82 valence electrons. The number of nitrogen functional groups attached to an aromatic ring is 1. The summed E-state index contributed by atoms with van der Waals surface area (Å²) in [6, 6.07) is 9.70. The Morgan fingerprint density at radius 3 is 2.69 bits per heavy atom. The smallest absolute Gasteiger partial charge is 0.174 e. The third-order valence-corrected chi connectivity index (χ3v) is 3.22. The Morgan fingerprint density at radius 1 is 1.25 bits per heavy atom. The summed E-state index contributed by atoms with van der Waals surface area (Å²) >= 11 is 9.19. The molecule has 0 aliphatic rings. The van der Waals surface area contributed by atoms with E-state index < -0.39 is 0 Å². The lowest BCUT2D eigenvalue weighted by molar-refractivity contribution is 0.938. The van der Waals surface area contributed by atoms with Crippen LogP contribution in [0.15, 0.2) is 34.8 Å². The lowest BCUT2D eigenvalue weighted by Gasteiger charge is -2.04. The Kier molecular flexibility index (Phi) is 3.41. The first kappa shape index (κ1) is 11.4. The predicted molar refractivity (Wildman–Crippen MR) is 68.4 cm³/mol. The first-order chi connectivity index (χ1) is 7.66. The van der Waals surface area contributed by atoms with Gasteiger partial charge in [-0.3, -0.25) is 0 Å². The Balaban J connectivity index is 2.28. The van der Waals surface area contributed by atoms with Crippen molar-refractivity contribution >= 4 is 33.2 Å². The SMILES string of the molecule is Nc1cc(Cc2ccccc2Br)nnc1Cl. The molecule has 0 aliphatic heterocycles. The van der Waals surface area contributed by atoms with Crippen molar-refractivity contribution in [2.45, 2.75) is 6.42 Å². The number of rotatable bonds is 2. The van der Waals surface area contributed by atoms with Crippen molar-refractivity contribution in [2.24, 2.45) is 0 Å². The standard InChI is InChI=1S/C11H9BrClN3/c12-9-4-2-1-3-7(9)5-8-6-10(14)11(13)16-15-8/h1-4,6H,5H2,(H2,14,15). The summed E-state index contributed by atoms with van der Waals surface area (Å²) in [5.41, 5.74) is 8.06. The quantitative estimate of drug-likeness (QED) is 0.927. The molecule has 0 bridgehead atoms. The fourth-order valence-electron chi connectivity index (χ4n) is 1.36. The summed E-state index contributed by atoms with van der Waals surface area (Å²) in [5.74, 6) is 0. The second-order valence-corrected chi connectivity index (χ2v) is 4.56. The van der Waals surface area contributed by atoms with Crippen molar-refractivity contribution in [3.63, 3.8) is 0 Å². The molecule has 0 aliphatic carbocycles. The molecule has 0 atom stereocenters. The van der Waals surface area contributed by atoms with Crippen molar-refractivity contribution in [1.29, 1.82) is 0 Å². The fraction of sp³-hybridized carbons (Fsp3) is 0.0909. The number of aromatic nitrogens is 2. The second kappa shape index (κ2) is 4.80. The van der Waals surface area contributed by atoms with Gasteiger partial charge in [0.2, 0.25) is 0 Å². The average Bonchev–Trinajstić information content (AvgIpc) is 2.27. The van der Waals surface area contributed by atoms with E-state index in [-0.39, 0.29) is 5.15 Å². The third kappa shape index (κ3) is 2.51. The van der Waals surface area contributed by atoms with Crippen molar-refractivity contribution in [3.8, 4) is 0 Å². The van der Waals surface area contributed by atoms with Crippen LogP contribution in [0.2, 0.25) is 5.15 Å². The van der Waals surface area contributed by atoms with Crippen molar-refractivity contribution < 1.29 is 0 Å². The first-order valence-electron chi connectivity index (χ1n) is 4.68. The average molecular weight is 299 g/mol. The van der Waals surface area contributed by atoms with Crippen LogP contribution in [0.25, 0.3) is 0 Å². The minimum atomic E-state index is 0.246. The summed E-state index contributed by atoms with van der Waals surface area (Å²) in [6.07, 6.45) is 0.676. The number of benzene rings is 1. The van der Waals surface area contributed by atoms with E-state index in [1.807, 2.05) is 24.3 Å². The summed E-state index contributed by atoms with van der Waals surface area (Å²) in [7, 11) is 0. The second-order valence-electron chi connectivity index (χ2n) is 3.35. The zero-order valence-electron chi connectivity index (χ0n) is 8.32. The van der Waals surface area contributed by atoms with Gasteiger partial charge in [-0.1, -0.05) is 45.7 Å². The van der Waals surface area contributed by atoms with Crippen LogP contribution in [0.4, 0.5) is 5.69 Å². The molecule has 1 aromatic heterocycles. The third-order valence-electron chi connectivity index (χ3n) is 2.16. The van der Waals surface area contributed by atoms with Gasteiger partial charge in [-0.2, -0.15) is 5.10 Å². The molecule has 0 fully saturated rings. The Hall–Kier alpha value is -1.13. The van der Waals surface area contributed by atoms with E-state index in [1.54, 1.807) is 6.07 Å². The molecule has 2 rings (SSSR count). The molecular weight excluding hydrogens is 289 g/mol. The van der Waals surface area contributed by atoms with Crippen molar-refractivity contribution in [3.05, 3.63) is 51.2 Å². The minimum Gasteiger partial charge on any atom is -0.396 e. The highest BCUT2D eigenvalue weighted by molar-refractivity contribution is 9.10. The molecule has 0 saturated carbocycles. The molecule has 0 unspecified atom stereocenters. The van der Waals surface area contributed by atoms with E-state index >= 15 is 0 Å². The fourth-order valence-corrected chi connectivity index (χ4v) is 1.87. The molecule has 3 nitrogen and oxygen atoms in total.